The Balaban J connectivity index is 1.42. The predicted octanol–water partition coefficient (Wildman–Crippen LogP) is 2.76. The molecule has 1 N–H and O–H groups in total. The molecule has 1 fully saturated rings. The van der Waals surface area contributed by atoms with E-state index in [1.807, 2.05) is 30.3 Å². The number of rotatable bonds is 3. The first-order valence-corrected chi connectivity index (χ1v) is 11.0. The van der Waals surface area contributed by atoms with Crippen molar-refractivity contribution in [3.63, 3.8) is 0 Å². The van der Waals surface area contributed by atoms with Crippen LogP contribution in [0.2, 0.25) is 0 Å². The molecule has 2 aromatic rings. The summed E-state index contributed by atoms with van der Waals surface area (Å²) in [5.41, 5.74) is 4.13. The van der Waals surface area contributed by atoms with Gasteiger partial charge in [-0.2, -0.15) is 0 Å². The standard InChI is InChI=1S/C25H24N2O5/c1-14(28)32-24-19(26-25(29)15-5-3-2-4-6-15)9-16-7-8-27-12-17-10-20-21(31-13-30-20)11-18(17)22(24)23(16)27/h2-6,9-11,19,22-24H,7-8,12-13H2,1H3,(H,26,29)/t19-,22-,23?,24+/m0/s1. The number of ether oxygens (including phenoxy) is 3. The van der Waals surface area contributed by atoms with Crippen LogP contribution in [0.15, 0.2) is 54.1 Å². The Morgan fingerprint density at radius 1 is 1.12 bits per heavy atom. The van der Waals surface area contributed by atoms with Gasteiger partial charge in [-0.25, -0.2) is 0 Å². The predicted molar refractivity (Wildman–Crippen MR) is 115 cm³/mol. The van der Waals surface area contributed by atoms with Gasteiger partial charge in [0.1, 0.15) is 6.10 Å². The topological polar surface area (TPSA) is 77.1 Å². The summed E-state index contributed by atoms with van der Waals surface area (Å²) in [6.45, 7) is 3.39. The Morgan fingerprint density at radius 3 is 2.69 bits per heavy atom. The molecule has 32 heavy (non-hydrogen) atoms. The van der Waals surface area contributed by atoms with Gasteiger partial charge in [0, 0.05) is 37.5 Å². The number of benzene rings is 2. The molecule has 4 aliphatic rings. The van der Waals surface area contributed by atoms with E-state index in [0.717, 1.165) is 42.1 Å². The summed E-state index contributed by atoms with van der Waals surface area (Å²) >= 11 is 0. The van der Waals surface area contributed by atoms with E-state index >= 15 is 0 Å². The fourth-order valence-corrected chi connectivity index (χ4v) is 5.64. The smallest absolute Gasteiger partial charge is 0.303 e. The first-order chi connectivity index (χ1) is 15.6. The number of carbonyl (C=O) groups is 2. The molecule has 1 unspecified atom stereocenters. The zero-order chi connectivity index (χ0) is 21.8. The Morgan fingerprint density at radius 2 is 1.91 bits per heavy atom. The second-order valence-electron chi connectivity index (χ2n) is 8.78. The third kappa shape index (κ3) is 3.07. The quantitative estimate of drug-likeness (QED) is 0.594. The highest BCUT2D eigenvalue weighted by atomic mass is 16.7. The molecule has 0 saturated carbocycles. The molecule has 0 bridgehead atoms. The first kappa shape index (κ1) is 19.4. The van der Waals surface area contributed by atoms with Crippen LogP contribution in [0, 0.1) is 0 Å². The maximum absolute atomic E-state index is 13.0. The molecule has 3 aliphatic heterocycles. The van der Waals surface area contributed by atoms with Gasteiger partial charge in [-0.05, 0) is 41.8 Å². The first-order valence-electron chi connectivity index (χ1n) is 11.0. The highest BCUT2D eigenvalue weighted by Crippen LogP contribution is 2.50. The van der Waals surface area contributed by atoms with Gasteiger partial charge in [0.2, 0.25) is 6.79 Å². The zero-order valence-corrected chi connectivity index (χ0v) is 17.7. The molecule has 1 amide bonds. The Hall–Kier alpha value is -3.32. The molecule has 0 spiro atoms. The summed E-state index contributed by atoms with van der Waals surface area (Å²) in [6, 6.07) is 12.9. The lowest BCUT2D eigenvalue weighted by Gasteiger charge is -2.46. The van der Waals surface area contributed by atoms with Crippen molar-refractivity contribution >= 4 is 11.9 Å². The monoisotopic (exact) mass is 432 g/mol. The van der Waals surface area contributed by atoms with Crippen LogP contribution in [0.3, 0.4) is 0 Å². The van der Waals surface area contributed by atoms with Gasteiger partial charge in [-0.1, -0.05) is 29.8 Å². The number of nitrogens with zero attached hydrogens (tertiary/aromatic N) is 1. The van der Waals surface area contributed by atoms with Gasteiger partial charge in [-0.3, -0.25) is 14.5 Å². The van der Waals surface area contributed by atoms with E-state index < -0.39 is 12.1 Å². The lowest BCUT2D eigenvalue weighted by Crippen LogP contribution is -2.56. The molecule has 6 rings (SSSR count). The molecule has 164 valence electrons. The normalized spacial score (nSPS) is 27.2. The molecule has 1 aliphatic carbocycles. The molecule has 0 aromatic heterocycles. The highest BCUT2D eigenvalue weighted by molar-refractivity contribution is 5.94. The van der Waals surface area contributed by atoms with Gasteiger partial charge in [0.05, 0.1) is 6.04 Å². The molecule has 4 atom stereocenters. The number of amides is 1. The van der Waals surface area contributed by atoms with E-state index in [2.05, 4.69) is 16.3 Å². The molecule has 1 saturated heterocycles. The number of carbonyl (C=O) groups excluding carboxylic acids is 2. The van der Waals surface area contributed by atoms with Crippen molar-refractivity contribution in [2.75, 3.05) is 13.3 Å². The fraction of sp³-hybridized carbons (Fsp3) is 0.360. The summed E-state index contributed by atoms with van der Waals surface area (Å²) < 4.78 is 17.2. The zero-order valence-electron chi connectivity index (χ0n) is 17.7. The van der Waals surface area contributed by atoms with E-state index in [1.54, 1.807) is 12.1 Å². The molecular weight excluding hydrogens is 408 g/mol. The van der Waals surface area contributed by atoms with Crippen molar-refractivity contribution in [2.45, 2.75) is 44.0 Å². The van der Waals surface area contributed by atoms with E-state index in [1.165, 1.54) is 12.5 Å². The Labute approximate surface area is 185 Å². The SMILES string of the molecule is CC(=O)O[C@@H]1[C@@H](NC(=O)c2ccccc2)C=C2CCN3Cc4cc5c(cc4[C@H]1C23)OCO5. The minimum atomic E-state index is -0.520. The summed E-state index contributed by atoms with van der Waals surface area (Å²) in [7, 11) is 0. The van der Waals surface area contributed by atoms with Crippen LogP contribution in [0.4, 0.5) is 0 Å². The lowest BCUT2D eigenvalue weighted by atomic mass is 9.72. The van der Waals surface area contributed by atoms with E-state index in [9.17, 15) is 9.59 Å². The van der Waals surface area contributed by atoms with Crippen molar-refractivity contribution in [1.29, 1.82) is 0 Å². The van der Waals surface area contributed by atoms with Crippen LogP contribution in [0.1, 0.15) is 40.7 Å². The maximum Gasteiger partial charge on any atom is 0.303 e. The van der Waals surface area contributed by atoms with Gasteiger partial charge < -0.3 is 19.5 Å². The van der Waals surface area contributed by atoms with Crippen LogP contribution >= 0.6 is 0 Å². The van der Waals surface area contributed by atoms with Crippen LogP contribution in [-0.4, -0.2) is 48.3 Å². The number of esters is 1. The number of hydrogen-bond acceptors (Lipinski definition) is 6. The van der Waals surface area contributed by atoms with Gasteiger partial charge in [0.15, 0.2) is 11.5 Å². The van der Waals surface area contributed by atoms with Crippen LogP contribution in [0.25, 0.3) is 0 Å². The average molecular weight is 432 g/mol. The molecule has 3 heterocycles. The second kappa shape index (κ2) is 7.38. The van der Waals surface area contributed by atoms with Crippen molar-refractivity contribution in [1.82, 2.24) is 10.2 Å². The Bertz CT molecular complexity index is 1130. The van der Waals surface area contributed by atoms with E-state index in [0.29, 0.717) is 5.56 Å². The molecular formula is C25H24N2O5. The fourth-order valence-electron chi connectivity index (χ4n) is 5.64. The number of nitrogens with one attached hydrogen (secondary N) is 1. The highest BCUT2D eigenvalue weighted by Gasteiger charge is 2.51. The second-order valence-corrected chi connectivity index (χ2v) is 8.78. The van der Waals surface area contributed by atoms with Crippen molar-refractivity contribution < 1.29 is 23.8 Å². The molecule has 7 nitrogen and oxygen atoms in total. The summed E-state index contributed by atoms with van der Waals surface area (Å²) in [5, 5.41) is 3.12. The van der Waals surface area contributed by atoms with Crippen LogP contribution in [-0.2, 0) is 16.1 Å². The largest absolute Gasteiger partial charge is 0.459 e. The van der Waals surface area contributed by atoms with Gasteiger partial charge >= 0.3 is 5.97 Å². The molecule has 7 heteroatoms. The van der Waals surface area contributed by atoms with Crippen molar-refractivity contribution in [3.8, 4) is 11.5 Å². The third-order valence-electron chi connectivity index (χ3n) is 6.91. The average Bonchev–Trinajstić information content (AvgIpc) is 3.41. The van der Waals surface area contributed by atoms with Gasteiger partial charge in [-0.15, -0.1) is 0 Å². The minimum Gasteiger partial charge on any atom is -0.459 e. The van der Waals surface area contributed by atoms with E-state index in [-0.39, 0.29) is 30.6 Å². The van der Waals surface area contributed by atoms with Crippen molar-refractivity contribution in [2.24, 2.45) is 0 Å². The summed E-state index contributed by atoms with van der Waals surface area (Å²) in [5.74, 6) is 0.840. The molecule has 0 radical (unpaired) electrons. The van der Waals surface area contributed by atoms with Gasteiger partial charge in [0.25, 0.3) is 5.91 Å². The van der Waals surface area contributed by atoms with Crippen LogP contribution in [0.5, 0.6) is 11.5 Å². The number of fused-ring (bicyclic) bond motifs is 3. The molecule has 2 aromatic carbocycles. The number of hydrogen-bond donors (Lipinski definition) is 1. The van der Waals surface area contributed by atoms with Crippen molar-refractivity contribution in [3.05, 3.63) is 70.8 Å². The third-order valence-corrected chi connectivity index (χ3v) is 6.91. The minimum absolute atomic E-state index is 0.0966. The summed E-state index contributed by atoms with van der Waals surface area (Å²) in [4.78, 5) is 27.6. The Kier molecular flexibility index (Phi) is 4.47. The van der Waals surface area contributed by atoms with Crippen LogP contribution < -0.4 is 14.8 Å². The summed E-state index contributed by atoms with van der Waals surface area (Å²) in [6.07, 6.45) is 2.52. The maximum atomic E-state index is 13.0. The van der Waals surface area contributed by atoms with E-state index in [4.69, 9.17) is 14.2 Å². The lowest BCUT2D eigenvalue weighted by molar-refractivity contribution is -0.149.